The van der Waals surface area contributed by atoms with E-state index >= 15 is 0 Å². The van der Waals surface area contributed by atoms with Gasteiger partial charge in [0.05, 0.1) is 11.7 Å². The molecule has 1 heterocycles. The van der Waals surface area contributed by atoms with Crippen LogP contribution in [0.25, 0.3) is 5.70 Å². The Morgan fingerprint density at radius 3 is 2.21 bits per heavy atom. The number of fused-ring (bicyclic) bond motifs is 1. The maximum Gasteiger partial charge on any atom is 0.264 e. The van der Waals surface area contributed by atoms with E-state index in [9.17, 15) is 14.9 Å². The molecule has 4 rings (SSSR count). The van der Waals surface area contributed by atoms with E-state index in [1.54, 1.807) is 30.3 Å². The number of nitriles is 1. The van der Waals surface area contributed by atoms with E-state index in [-0.39, 0.29) is 23.2 Å². The van der Waals surface area contributed by atoms with Crippen LogP contribution in [0.4, 0.5) is 0 Å². The maximum atomic E-state index is 13.0. The van der Waals surface area contributed by atoms with Crippen LogP contribution in [0.15, 0.2) is 89.4 Å². The maximum absolute atomic E-state index is 13.0. The first-order valence-corrected chi connectivity index (χ1v) is 10.5. The van der Waals surface area contributed by atoms with Crippen LogP contribution < -0.4 is 10.6 Å². The normalized spacial score (nSPS) is 14.4. The molecule has 6 heteroatoms. The average Bonchev–Trinajstić information content (AvgIpc) is 3.18. The van der Waals surface area contributed by atoms with Gasteiger partial charge >= 0.3 is 0 Å². The fraction of sp³-hybridized carbons (Fsp3) is 0.111. The van der Waals surface area contributed by atoms with Crippen LogP contribution in [0.1, 0.15) is 45.6 Å². The fourth-order valence-corrected chi connectivity index (χ4v) is 3.60. The van der Waals surface area contributed by atoms with E-state index in [0.717, 1.165) is 11.1 Å². The SMILES string of the molecule is Cc1ccc(C(=O)NC2=N/C(=C(/C#N)C(=O)N[C@H](C)c3ccccc3)c3ccccc32)cc1. The molecule has 33 heavy (non-hydrogen) atoms. The number of hydrogen-bond donors (Lipinski definition) is 2. The smallest absolute Gasteiger partial charge is 0.264 e. The van der Waals surface area contributed by atoms with Gasteiger partial charge in [-0.2, -0.15) is 5.26 Å². The van der Waals surface area contributed by atoms with Gasteiger partial charge in [-0.3, -0.25) is 9.59 Å². The first-order valence-electron chi connectivity index (χ1n) is 10.5. The standard InChI is InChI=1S/C27H22N4O2/c1-17-12-14-20(15-13-17)26(32)31-25-22-11-7-6-10-21(22)24(30-25)23(16-28)27(33)29-18(2)19-8-4-3-5-9-19/h3-15,18H,1-2H3,(H,29,33)(H,30,31,32)/b24-23-/t18-/m1/s1. The van der Waals surface area contributed by atoms with Crippen LogP contribution in [-0.2, 0) is 4.79 Å². The Morgan fingerprint density at radius 2 is 1.55 bits per heavy atom. The van der Waals surface area contributed by atoms with Crippen molar-refractivity contribution in [3.8, 4) is 6.07 Å². The van der Waals surface area contributed by atoms with Crippen LogP contribution in [-0.4, -0.2) is 17.6 Å². The number of carbonyl (C=O) groups is 2. The Bertz CT molecular complexity index is 1320. The number of nitrogens with zero attached hydrogens (tertiary/aromatic N) is 2. The molecule has 0 radical (unpaired) electrons. The van der Waals surface area contributed by atoms with Crippen molar-refractivity contribution in [2.75, 3.05) is 0 Å². The third kappa shape index (κ3) is 4.58. The molecule has 0 fully saturated rings. The van der Waals surface area contributed by atoms with Gasteiger partial charge in [0.1, 0.15) is 17.5 Å². The summed E-state index contributed by atoms with van der Waals surface area (Å²) in [7, 11) is 0. The molecular formula is C27H22N4O2. The molecule has 3 aromatic carbocycles. The summed E-state index contributed by atoms with van der Waals surface area (Å²) in [5.41, 5.74) is 3.88. The molecule has 0 spiro atoms. The number of carbonyl (C=O) groups excluding carboxylic acids is 2. The quantitative estimate of drug-likeness (QED) is 0.474. The summed E-state index contributed by atoms with van der Waals surface area (Å²) in [6, 6.07) is 25.6. The highest BCUT2D eigenvalue weighted by atomic mass is 16.2. The largest absolute Gasteiger partial charge is 0.345 e. The summed E-state index contributed by atoms with van der Waals surface area (Å²) >= 11 is 0. The molecule has 3 aromatic rings. The molecule has 2 amide bonds. The van der Waals surface area contributed by atoms with E-state index in [0.29, 0.717) is 22.5 Å². The Morgan fingerprint density at radius 1 is 0.909 bits per heavy atom. The van der Waals surface area contributed by atoms with Gasteiger partial charge in [0.2, 0.25) is 0 Å². The lowest BCUT2D eigenvalue weighted by molar-refractivity contribution is -0.117. The summed E-state index contributed by atoms with van der Waals surface area (Å²) in [6.07, 6.45) is 0. The van der Waals surface area contributed by atoms with E-state index < -0.39 is 5.91 Å². The molecule has 1 aliphatic rings. The van der Waals surface area contributed by atoms with Gasteiger partial charge in [-0.25, -0.2) is 4.99 Å². The summed E-state index contributed by atoms with van der Waals surface area (Å²) < 4.78 is 0. The molecule has 2 N–H and O–H groups in total. The Hall–Kier alpha value is -4.50. The van der Waals surface area contributed by atoms with Gasteiger partial charge in [-0.1, -0.05) is 72.3 Å². The second-order valence-corrected chi connectivity index (χ2v) is 7.77. The Kier molecular flexibility index (Phi) is 6.14. The summed E-state index contributed by atoms with van der Waals surface area (Å²) in [6.45, 7) is 3.80. The summed E-state index contributed by atoms with van der Waals surface area (Å²) in [5.74, 6) is -0.526. The number of amidine groups is 1. The lowest BCUT2D eigenvalue weighted by Gasteiger charge is -2.14. The van der Waals surface area contributed by atoms with E-state index in [1.165, 1.54) is 0 Å². The third-order valence-corrected chi connectivity index (χ3v) is 5.43. The lowest BCUT2D eigenvalue weighted by atomic mass is 10.0. The van der Waals surface area contributed by atoms with Gasteiger partial charge in [0.25, 0.3) is 11.8 Å². The van der Waals surface area contributed by atoms with Crippen molar-refractivity contribution >= 4 is 23.3 Å². The molecule has 0 saturated heterocycles. The number of benzene rings is 3. The van der Waals surface area contributed by atoms with Gasteiger partial charge < -0.3 is 10.6 Å². The molecule has 1 aliphatic heterocycles. The van der Waals surface area contributed by atoms with Gasteiger partial charge in [0.15, 0.2) is 0 Å². The molecule has 0 aromatic heterocycles. The zero-order valence-corrected chi connectivity index (χ0v) is 18.3. The molecule has 1 atom stereocenters. The number of nitrogens with one attached hydrogen (secondary N) is 2. The van der Waals surface area contributed by atoms with E-state index in [1.807, 2.05) is 68.4 Å². The highest BCUT2D eigenvalue weighted by Crippen LogP contribution is 2.31. The Labute approximate surface area is 192 Å². The number of amides is 2. The molecule has 0 bridgehead atoms. The summed E-state index contributed by atoms with van der Waals surface area (Å²) in [5, 5.41) is 15.5. The third-order valence-electron chi connectivity index (χ3n) is 5.43. The number of aliphatic imine (C=N–C) groups is 1. The van der Waals surface area contributed by atoms with Crippen LogP contribution in [0.2, 0.25) is 0 Å². The monoisotopic (exact) mass is 434 g/mol. The van der Waals surface area contributed by atoms with Crippen LogP contribution in [0.3, 0.4) is 0 Å². The number of hydrogen-bond acceptors (Lipinski definition) is 4. The molecule has 0 saturated carbocycles. The van der Waals surface area contributed by atoms with E-state index in [2.05, 4.69) is 15.6 Å². The second kappa shape index (κ2) is 9.33. The molecule has 6 nitrogen and oxygen atoms in total. The van der Waals surface area contributed by atoms with Crippen molar-refractivity contribution in [3.05, 3.63) is 112 Å². The zero-order valence-electron chi connectivity index (χ0n) is 18.3. The van der Waals surface area contributed by atoms with Crippen molar-refractivity contribution in [2.24, 2.45) is 4.99 Å². The first-order chi connectivity index (χ1) is 16.0. The van der Waals surface area contributed by atoms with Crippen molar-refractivity contribution in [1.82, 2.24) is 10.6 Å². The zero-order chi connectivity index (χ0) is 23.4. The fourth-order valence-electron chi connectivity index (χ4n) is 3.60. The topological polar surface area (TPSA) is 94.3 Å². The van der Waals surface area contributed by atoms with Gasteiger partial charge in [0, 0.05) is 16.7 Å². The molecule has 162 valence electrons. The van der Waals surface area contributed by atoms with E-state index in [4.69, 9.17) is 0 Å². The number of aryl methyl sites for hydroxylation is 1. The summed E-state index contributed by atoms with van der Waals surface area (Å²) in [4.78, 5) is 30.2. The van der Waals surface area contributed by atoms with Gasteiger partial charge in [-0.05, 0) is 31.5 Å². The van der Waals surface area contributed by atoms with Crippen LogP contribution in [0.5, 0.6) is 0 Å². The predicted octanol–water partition coefficient (Wildman–Crippen LogP) is 4.30. The van der Waals surface area contributed by atoms with Crippen LogP contribution >= 0.6 is 0 Å². The first kappa shape index (κ1) is 21.7. The average molecular weight is 434 g/mol. The minimum Gasteiger partial charge on any atom is -0.345 e. The molecule has 0 unspecified atom stereocenters. The predicted molar refractivity (Wildman–Crippen MR) is 127 cm³/mol. The van der Waals surface area contributed by atoms with Crippen molar-refractivity contribution < 1.29 is 9.59 Å². The lowest BCUT2D eigenvalue weighted by Crippen LogP contribution is -2.30. The molecular weight excluding hydrogens is 412 g/mol. The van der Waals surface area contributed by atoms with Crippen molar-refractivity contribution in [1.29, 1.82) is 5.26 Å². The number of rotatable bonds is 4. The highest BCUT2D eigenvalue weighted by molar-refractivity contribution is 6.20. The van der Waals surface area contributed by atoms with Crippen molar-refractivity contribution in [3.63, 3.8) is 0 Å². The van der Waals surface area contributed by atoms with Crippen LogP contribution in [0, 0.1) is 18.3 Å². The highest BCUT2D eigenvalue weighted by Gasteiger charge is 2.27. The minimum absolute atomic E-state index is 0.107. The second-order valence-electron chi connectivity index (χ2n) is 7.77. The molecule has 0 aliphatic carbocycles. The van der Waals surface area contributed by atoms with Gasteiger partial charge in [-0.15, -0.1) is 0 Å². The van der Waals surface area contributed by atoms with Crippen molar-refractivity contribution in [2.45, 2.75) is 19.9 Å². The Balaban J connectivity index is 1.65. The minimum atomic E-state index is -0.520.